The van der Waals surface area contributed by atoms with E-state index in [1.54, 1.807) is 25.3 Å². The van der Waals surface area contributed by atoms with Crippen LogP contribution in [0.1, 0.15) is 56.2 Å². The second-order valence-corrected chi connectivity index (χ2v) is 9.91. The van der Waals surface area contributed by atoms with Gasteiger partial charge < -0.3 is 20.4 Å². The Bertz CT molecular complexity index is 1480. The molecule has 2 amide bonds. The monoisotopic (exact) mass is 536 g/mol. The highest BCUT2D eigenvalue weighted by Gasteiger charge is 2.25. The lowest BCUT2D eigenvalue weighted by Gasteiger charge is -2.19. The summed E-state index contributed by atoms with van der Waals surface area (Å²) >= 11 is 0. The van der Waals surface area contributed by atoms with E-state index < -0.39 is 5.92 Å². The van der Waals surface area contributed by atoms with Gasteiger partial charge in [-0.05, 0) is 61.6 Å². The molecule has 4 rings (SSSR count). The number of rotatable bonds is 14. The predicted molar refractivity (Wildman–Crippen MR) is 160 cm³/mol. The molecular weight excluding hydrogens is 500 g/mol. The number of aromatic nitrogens is 2. The zero-order valence-corrected chi connectivity index (χ0v) is 22.9. The van der Waals surface area contributed by atoms with E-state index in [2.05, 4.69) is 51.4 Å². The Morgan fingerprint density at radius 3 is 2.52 bits per heavy atom. The lowest BCUT2D eigenvalue weighted by molar-refractivity contribution is -0.123. The van der Waals surface area contributed by atoms with Crippen LogP contribution in [0.2, 0.25) is 0 Å². The third-order valence-corrected chi connectivity index (χ3v) is 7.00. The van der Waals surface area contributed by atoms with Crippen molar-refractivity contribution in [3.05, 3.63) is 96.8 Å². The van der Waals surface area contributed by atoms with Gasteiger partial charge in [0.1, 0.15) is 5.78 Å². The van der Waals surface area contributed by atoms with Crippen molar-refractivity contribution in [2.24, 2.45) is 0 Å². The van der Waals surface area contributed by atoms with Crippen LogP contribution in [0, 0.1) is 0 Å². The second-order valence-electron chi connectivity index (χ2n) is 9.91. The number of benzene rings is 2. The van der Waals surface area contributed by atoms with Crippen LogP contribution in [0.15, 0.2) is 85.6 Å². The van der Waals surface area contributed by atoms with E-state index in [9.17, 15) is 14.4 Å². The number of nitrogens with zero attached hydrogens (tertiary/aromatic N) is 1. The van der Waals surface area contributed by atoms with Crippen molar-refractivity contribution in [1.29, 1.82) is 0 Å². The number of anilines is 1. The molecule has 4 aromatic rings. The van der Waals surface area contributed by atoms with Gasteiger partial charge in [0.25, 0.3) is 0 Å². The maximum atomic E-state index is 13.6. The topological polar surface area (TPSA) is 104 Å². The van der Waals surface area contributed by atoms with Crippen molar-refractivity contribution in [3.63, 3.8) is 0 Å². The van der Waals surface area contributed by atoms with Gasteiger partial charge in [-0.25, -0.2) is 0 Å². The van der Waals surface area contributed by atoms with E-state index in [1.165, 1.54) is 6.08 Å². The zero-order valence-electron chi connectivity index (χ0n) is 22.9. The van der Waals surface area contributed by atoms with Crippen molar-refractivity contribution in [2.75, 3.05) is 11.9 Å². The summed E-state index contributed by atoms with van der Waals surface area (Å²) < 4.78 is 0. The molecular formula is C33H36N4O3. The van der Waals surface area contributed by atoms with E-state index in [-0.39, 0.29) is 17.6 Å². The Morgan fingerprint density at radius 2 is 1.75 bits per heavy atom. The van der Waals surface area contributed by atoms with Gasteiger partial charge in [0.05, 0.1) is 17.3 Å². The summed E-state index contributed by atoms with van der Waals surface area (Å²) in [7, 11) is 0. The van der Waals surface area contributed by atoms with Crippen LogP contribution in [0.5, 0.6) is 0 Å². The molecule has 0 spiro atoms. The molecule has 1 atom stereocenters. The third kappa shape index (κ3) is 7.32. The van der Waals surface area contributed by atoms with Crippen molar-refractivity contribution in [1.82, 2.24) is 15.3 Å². The minimum absolute atomic E-state index is 0.138. The molecule has 0 fully saturated rings. The number of H-pyrrole nitrogens is 1. The fraction of sp³-hybridized carbons (Fsp3) is 0.273. The number of para-hydroxylation sites is 1. The number of unbranched alkanes of at least 4 members (excludes halogenated alkanes) is 2. The highest BCUT2D eigenvalue weighted by Crippen LogP contribution is 2.31. The maximum absolute atomic E-state index is 13.6. The Balaban J connectivity index is 1.52. The van der Waals surface area contributed by atoms with Crippen LogP contribution < -0.4 is 10.6 Å². The van der Waals surface area contributed by atoms with Gasteiger partial charge in [0.15, 0.2) is 0 Å². The Hall–Kier alpha value is -4.52. The number of pyridine rings is 1. The first-order valence-corrected chi connectivity index (χ1v) is 13.8. The Kier molecular flexibility index (Phi) is 9.99. The van der Waals surface area contributed by atoms with Crippen molar-refractivity contribution in [2.45, 2.75) is 51.4 Å². The summed E-state index contributed by atoms with van der Waals surface area (Å²) in [5, 5.41) is 7.06. The summed E-state index contributed by atoms with van der Waals surface area (Å²) in [6.45, 7) is 5.56. The van der Waals surface area contributed by atoms with Gasteiger partial charge in [-0.2, -0.15) is 0 Å². The van der Waals surface area contributed by atoms with Gasteiger partial charge >= 0.3 is 0 Å². The third-order valence-electron chi connectivity index (χ3n) is 7.00. The first kappa shape index (κ1) is 28.5. The SMILES string of the molecule is C=CC(=O)Nc1cccnc1[C@H](CCCCCC(C)=O)C(=O)NCCc1c(-c2ccccc2)[nH]c2ccccc12. The largest absolute Gasteiger partial charge is 0.355 e. The maximum Gasteiger partial charge on any atom is 0.247 e. The van der Waals surface area contributed by atoms with E-state index in [0.29, 0.717) is 37.2 Å². The van der Waals surface area contributed by atoms with Gasteiger partial charge in [-0.3, -0.25) is 14.6 Å². The Morgan fingerprint density at radius 1 is 0.975 bits per heavy atom. The van der Waals surface area contributed by atoms with Gasteiger partial charge in [0, 0.05) is 35.8 Å². The van der Waals surface area contributed by atoms with Gasteiger partial charge in [-0.1, -0.05) is 68.0 Å². The van der Waals surface area contributed by atoms with E-state index >= 15 is 0 Å². The van der Waals surface area contributed by atoms with Crippen molar-refractivity contribution >= 4 is 34.2 Å². The molecule has 0 radical (unpaired) electrons. The summed E-state index contributed by atoms with van der Waals surface area (Å²) in [4.78, 5) is 45.1. The van der Waals surface area contributed by atoms with E-state index in [4.69, 9.17) is 0 Å². The fourth-order valence-electron chi connectivity index (χ4n) is 5.02. The molecule has 0 unspecified atom stereocenters. The number of aromatic amines is 1. The quantitative estimate of drug-likeness (QED) is 0.129. The normalized spacial score (nSPS) is 11.6. The number of hydrogen-bond acceptors (Lipinski definition) is 4. The number of carbonyl (C=O) groups excluding carboxylic acids is 3. The first-order chi connectivity index (χ1) is 19.5. The molecule has 0 aliphatic heterocycles. The minimum Gasteiger partial charge on any atom is -0.355 e. The molecule has 0 saturated heterocycles. The van der Waals surface area contributed by atoms with E-state index in [1.807, 2.05) is 30.3 Å². The number of Topliss-reactive ketones (excluding diaryl/α,β-unsaturated/α-hetero) is 1. The number of ketones is 1. The van der Waals surface area contributed by atoms with Gasteiger partial charge in [-0.15, -0.1) is 0 Å². The van der Waals surface area contributed by atoms with E-state index in [0.717, 1.165) is 47.0 Å². The predicted octanol–water partition coefficient (Wildman–Crippen LogP) is 6.34. The van der Waals surface area contributed by atoms with Crippen LogP contribution in [0.3, 0.4) is 0 Å². The molecule has 0 aliphatic rings. The fourth-order valence-corrected chi connectivity index (χ4v) is 5.02. The average molecular weight is 537 g/mol. The van der Waals surface area contributed by atoms with Gasteiger partial charge in [0.2, 0.25) is 11.8 Å². The summed E-state index contributed by atoms with van der Waals surface area (Å²) in [5.74, 6) is -0.876. The summed E-state index contributed by atoms with van der Waals surface area (Å²) in [6, 6.07) is 21.9. The van der Waals surface area contributed by atoms with Crippen LogP contribution in [-0.2, 0) is 20.8 Å². The standard InChI is InChI=1S/C33H36N4O3/c1-3-30(39)36-29-19-12-21-34-32(29)27(17-9-4-6-13-23(2)38)33(40)35-22-20-26-25-16-10-11-18-28(25)37-31(26)24-14-7-5-8-15-24/h3,5,7-8,10-12,14-16,18-19,21,27,37H,1,4,6,9,13,17,20,22H2,2H3,(H,35,40)(H,36,39)/t27-/m0/s1. The molecule has 3 N–H and O–H groups in total. The molecule has 7 nitrogen and oxygen atoms in total. The second kappa shape index (κ2) is 14.0. The summed E-state index contributed by atoms with van der Waals surface area (Å²) in [5.41, 5.74) is 5.39. The van der Waals surface area contributed by atoms with Crippen molar-refractivity contribution in [3.8, 4) is 11.3 Å². The average Bonchev–Trinajstić information content (AvgIpc) is 3.34. The van der Waals surface area contributed by atoms with Crippen LogP contribution in [0.4, 0.5) is 5.69 Å². The molecule has 0 bridgehead atoms. The smallest absolute Gasteiger partial charge is 0.247 e. The van der Waals surface area contributed by atoms with Crippen molar-refractivity contribution < 1.29 is 14.4 Å². The molecule has 0 saturated carbocycles. The van der Waals surface area contributed by atoms with Crippen LogP contribution in [-0.4, -0.2) is 34.1 Å². The molecule has 206 valence electrons. The highest BCUT2D eigenvalue weighted by atomic mass is 16.2. The van der Waals surface area contributed by atoms with Crippen LogP contribution in [0.25, 0.3) is 22.2 Å². The van der Waals surface area contributed by atoms with Crippen LogP contribution >= 0.6 is 0 Å². The number of nitrogens with one attached hydrogen (secondary N) is 3. The lowest BCUT2D eigenvalue weighted by atomic mass is 9.94. The molecule has 0 aliphatic carbocycles. The zero-order chi connectivity index (χ0) is 28.3. The number of fused-ring (bicyclic) bond motifs is 1. The highest BCUT2D eigenvalue weighted by molar-refractivity contribution is 6.00. The first-order valence-electron chi connectivity index (χ1n) is 13.8. The molecule has 7 heteroatoms. The molecule has 2 heterocycles. The summed E-state index contributed by atoms with van der Waals surface area (Å²) in [6.07, 6.45) is 6.95. The molecule has 40 heavy (non-hydrogen) atoms. The lowest BCUT2D eigenvalue weighted by Crippen LogP contribution is -2.32. The number of carbonyl (C=O) groups is 3. The molecule has 2 aromatic heterocycles. The molecule has 2 aromatic carbocycles. The minimum atomic E-state index is -0.546. The number of hydrogen-bond donors (Lipinski definition) is 3. The Labute approximate surface area is 235 Å². The number of amides is 2.